The molecule has 0 saturated heterocycles. The number of fused-ring (bicyclic) bond motifs is 3. The molecule has 2 heteroatoms. The van der Waals surface area contributed by atoms with Crippen molar-refractivity contribution in [2.45, 2.75) is 105 Å². The molecule has 0 N–H and O–H groups in total. The van der Waals surface area contributed by atoms with Gasteiger partial charge in [0.15, 0.2) is 0 Å². The normalized spacial score (nSPS) is 12.7. The molecule has 0 spiro atoms. The molecular formula is C74H70N2. The summed E-state index contributed by atoms with van der Waals surface area (Å²) in [5, 5.41) is 10.0. The van der Waals surface area contributed by atoms with Gasteiger partial charge in [-0.1, -0.05) is 235 Å². The maximum Gasteiger partial charge on any atom is 0.0541 e. The summed E-state index contributed by atoms with van der Waals surface area (Å²) < 4.78 is 2.49. The molecule has 11 aromatic carbocycles. The summed E-state index contributed by atoms with van der Waals surface area (Å²) in [6.07, 6.45) is 0. The number of hydrogen-bond acceptors (Lipinski definition) is 1. The van der Waals surface area contributed by atoms with Gasteiger partial charge < -0.3 is 9.47 Å². The van der Waals surface area contributed by atoms with Crippen LogP contribution in [0.15, 0.2) is 206 Å². The third kappa shape index (κ3) is 8.62. The Morgan fingerprint density at radius 1 is 0.289 bits per heavy atom. The lowest BCUT2D eigenvalue weighted by Gasteiger charge is -2.29. The van der Waals surface area contributed by atoms with Crippen molar-refractivity contribution in [1.82, 2.24) is 4.57 Å². The molecule has 1 aromatic heterocycles. The summed E-state index contributed by atoms with van der Waals surface area (Å²) in [6, 6.07) is 78.3. The lowest BCUT2D eigenvalue weighted by Crippen LogP contribution is -2.16. The van der Waals surface area contributed by atoms with E-state index in [9.17, 15) is 0 Å². The van der Waals surface area contributed by atoms with Gasteiger partial charge >= 0.3 is 0 Å². The zero-order valence-electron chi connectivity index (χ0n) is 46.5. The van der Waals surface area contributed by atoms with E-state index in [0.717, 1.165) is 17.1 Å². The van der Waals surface area contributed by atoms with Crippen LogP contribution in [0.3, 0.4) is 0 Å². The third-order valence-corrected chi connectivity index (χ3v) is 16.1. The van der Waals surface area contributed by atoms with Crippen molar-refractivity contribution in [3.8, 4) is 39.1 Å². The number of benzene rings is 11. The summed E-state index contributed by atoms with van der Waals surface area (Å²) in [6.45, 7) is 27.8. The van der Waals surface area contributed by atoms with Crippen molar-refractivity contribution in [2.75, 3.05) is 4.90 Å². The Labute approximate surface area is 450 Å². The second-order valence-electron chi connectivity index (χ2n) is 25.6. The monoisotopic (exact) mass is 987 g/mol. The molecule has 0 aliphatic rings. The van der Waals surface area contributed by atoms with E-state index in [4.69, 9.17) is 0 Å². The van der Waals surface area contributed by atoms with Crippen molar-refractivity contribution in [3.63, 3.8) is 0 Å². The number of rotatable bonds is 7. The van der Waals surface area contributed by atoms with Crippen LogP contribution in [0.5, 0.6) is 0 Å². The van der Waals surface area contributed by atoms with Gasteiger partial charge in [0, 0.05) is 32.9 Å². The van der Waals surface area contributed by atoms with Gasteiger partial charge in [-0.3, -0.25) is 0 Å². The van der Waals surface area contributed by atoms with Gasteiger partial charge in [-0.2, -0.15) is 0 Å². The minimum absolute atomic E-state index is 0.0210. The van der Waals surface area contributed by atoms with Crippen molar-refractivity contribution in [2.24, 2.45) is 0 Å². The lowest BCUT2D eigenvalue weighted by atomic mass is 9.79. The fourth-order valence-electron chi connectivity index (χ4n) is 11.6. The Kier molecular flexibility index (Phi) is 11.5. The highest BCUT2D eigenvalue weighted by molar-refractivity contribution is 6.27. The van der Waals surface area contributed by atoms with Crippen molar-refractivity contribution >= 4 is 71.2 Å². The van der Waals surface area contributed by atoms with E-state index < -0.39 is 0 Å². The van der Waals surface area contributed by atoms with Crippen LogP contribution >= 0.6 is 0 Å². The molecule has 0 aliphatic carbocycles. The Hall–Kier alpha value is -7.94. The van der Waals surface area contributed by atoms with Crippen LogP contribution in [0.2, 0.25) is 0 Å². The average molecular weight is 987 g/mol. The Morgan fingerprint density at radius 3 is 1.24 bits per heavy atom. The van der Waals surface area contributed by atoms with Crippen LogP contribution < -0.4 is 4.90 Å². The average Bonchev–Trinajstić information content (AvgIpc) is 3.79. The molecule has 76 heavy (non-hydrogen) atoms. The molecule has 12 rings (SSSR count). The van der Waals surface area contributed by atoms with Crippen LogP contribution in [0, 0.1) is 0 Å². The van der Waals surface area contributed by atoms with Crippen molar-refractivity contribution < 1.29 is 0 Å². The molecule has 376 valence electrons. The molecule has 0 saturated carbocycles. The highest BCUT2D eigenvalue weighted by Crippen LogP contribution is 2.47. The molecular weight excluding hydrogens is 917 g/mol. The van der Waals surface area contributed by atoms with E-state index in [1.54, 1.807) is 0 Å². The number of anilines is 3. The van der Waals surface area contributed by atoms with Gasteiger partial charge in [-0.25, -0.2) is 0 Å². The SMILES string of the molecule is CC(C)(C)c1cc(-c2ccc(N(c3ccc(-c4cc(C(C)(C)C)cc(C(C)(C)C)c4)cc3)c3ccc4ccc5c(-n6c7ccccc7c7cc(-c8ccccc8)ccc76)ccc6ccc3c4c65)cc2)cc(C(C)(C)C)c1. The minimum atomic E-state index is 0.0210. The minimum Gasteiger partial charge on any atom is -0.310 e. The zero-order valence-corrected chi connectivity index (χ0v) is 46.5. The second-order valence-corrected chi connectivity index (χ2v) is 25.6. The summed E-state index contributed by atoms with van der Waals surface area (Å²) in [7, 11) is 0. The summed E-state index contributed by atoms with van der Waals surface area (Å²) in [4.78, 5) is 2.48. The maximum absolute atomic E-state index is 2.49. The second kappa shape index (κ2) is 17.8. The van der Waals surface area contributed by atoms with Gasteiger partial charge in [-0.05, 0) is 153 Å². The van der Waals surface area contributed by atoms with E-state index in [0.29, 0.717) is 0 Å². The molecule has 0 unspecified atom stereocenters. The number of aromatic nitrogens is 1. The Bertz CT molecular complexity index is 3980. The lowest BCUT2D eigenvalue weighted by molar-refractivity contribution is 0.568. The van der Waals surface area contributed by atoms with E-state index in [1.807, 2.05) is 0 Å². The molecule has 1 heterocycles. The maximum atomic E-state index is 2.49. The summed E-state index contributed by atoms with van der Waals surface area (Å²) >= 11 is 0. The summed E-state index contributed by atoms with van der Waals surface area (Å²) in [5.41, 5.74) is 19.9. The number of para-hydroxylation sites is 1. The third-order valence-electron chi connectivity index (χ3n) is 16.1. The number of nitrogens with zero attached hydrogens (tertiary/aromatic N) is 2. The molecule has 12 aromatic rings. The standard InChI is InChI=1S/C74H70N2/c1-71(2,3)55-40-53(41-56(45-55)72(4,5)6)48-22-31-59(32-23-48)75(60-33-24-49(25-34-60)54-42-57(73(7,8)9)46-58(43-54)74(10,11)12)66-37-28-50-27-36-63-67(38-29-51-26-35-62(66)69(50)70(51)63)76-65-21-17-16-20-61(65)64-44-52(30-39-68(64)76)47-18-14-13-15-19-47/h13-46H,1-12H3. The zero-order chi connectivity index (χ0) is 53.1. The van der Waals surface area contributed by atoms with Gasteiger partial charge in [0.25, 0.3) is 0 Å². The first-order chi connectivity index (χ1) is 36.2. The van der Waals surface area contributed by atoms with Gasteiger partial charge in [0.2, 0.25) is 0 Å². The van der Waals surface area contributed by atoms with Crippen molar-refractivity contribution in [3.05, 3.63) is 229 Å². The molecule has 2 nitrogen and oxygen atoms in total. The molecule has 0 amide bonds. The van der Waals surface area contributed by atoms with E-state index >= 15 is 0 Å². The van der Waals surface area contributed by atoms with Gasteiger partial charge in [0.05, 0.1) is 22.4 Å². The first-order valence-electron chi connectivity index (χ1n) is 27.3. The fraction of sp³-hybridized carbons (Fsp3) is 0.216. The highest BCUT2D eigenvalue weighted by atomic mass is 15.1. The smallest absolute Gasteiger partial charge is 0.0541 e. The van der Waals surface area contributed by atoms with Crippen LogP contribution in [-0.2, 0) is 21.7 Å². The first-order valence-corrected chi connectivity index (χ1v) is 27.3. The van der Waals surface area contributed by atoms with Crippen LogP contribution in [0.1, 0.15) is 105 Å². The van der Waals surface area contributed by atoms with Gasteiger partial charge in [-0.15, -0.1) is 0 Å². The predicted octanol–water partition coefficient (Wildman–Crippen LogP) is 21.3. The van der Waals surface area contributed by atoms with E-state index in [-0.39, 0.29) is 21.7 Å². The van der Waals surface area contributed by atoms with Gasteiger partial charge in [0.1, 0.15) is 0 Å². The Balaban J connectivity index is 1.04. The van der Waals surface area contributed by atoms with Crippen LogP contribution in [0.4, 0.5) is 17.1 Å². The van der Waals surface area contributed by atoms with Crippen molar-refractivity contribution in [1.29, 1.82) is 0 Å². The van der Waals surface area contributed by atoms with E-state index in [1.165, 1.54) is 115 Å². The molecule has 0 bridgehead atoms. The largest absolute Gasteiger partial charge is 0.310 e. The first kappa shape index (κ1) is 49.0. The predicted molar refractivity (Wildman–Crippen MR) is 330 cm³/mol. The molecule has 0 radical (unpaired) electrons. The molecule has 0 aliphatic heterocycles. The Morgan fingerprint density at radius 2 is 0.711 bits per heavy atom. The fourth-order valence-corrected chi connectivity index (χ4v) is 11.6. The molecule has 0 fully saturated rings. The van der Waals surface area contributed by atoms with Crippen LogP contribution in [0.25, 0.3) is 93.2 Å². The quantitative estimate of drug-likeness (QED) is 0.145. The summed E-state index contributed by atoms with van der Waals surface area (Å²) in [5.74, 6) is 0. The van der Waals surface area contributed by atoms with Crippen LogP contribution in [-0.4, -0.2) is 4.57 Å². The number of hydrogen-bond donors (Lipinski definition) is 0. The highest BCUT2D eigenvalue weighted by Gasteiger charge is 2.25. The topological polar surface area (TPSA) is 8.17 Å². The molecule has 0 atom stereocenters. The van der Waals surface area contributed by atoms with E-state index in [2.05, 4.69) is 299 Å².